The fourth-order valence-electron chi connectivity index (χ4n) is 1.96. The molecular weight excluding hydrogens is 378 g/mol. The van der Waals surface area contributed by atoms with Gasteiger partial charge in [-0.15, -0.1) is 23.5 Å². The lowest BCUT2D eigenvalue weighted by molar-refractivity contribution is -0.150. The van der Waals surface area contributed by atoms with E-state index in [1.807, 2.05) is 12.5 Å². The predicted molar refractivity (Wildman–Crippen MR) is 103 cm³/mol. The SMILES string of the molecule is CCOC(=O)/C(=C/[C@@H](C(=O)OCC)[C@@H](O)c1ccco1)N=C(SC)SC. The molecule has 1 aromatic heterocycles. The highest BCUT2D eigenvalue weighted by atomic mass is 32.2. The highest BCUT2D eigenvalue weighted by Gasteiger charge is 2.31. The summed E-state index contributed by atoms with van der Waals surface area (Å²) in [5.41, 5.74) is -0.0748. The van der Waals surface area contributed by atoms with Crippen molar-refractivity contribution in [2.75, 3.05) is 25.7 Å². The van der Waals surface area contributed by atoms with Crippen LogP contribution >= 0.6 is 23.5 Å². The Labute approximate surface area is 161 Å². The molecule has 7 nitrogen and oxygen atoms in total. The van der Waals surface area contributed by atoms with Crippen LogP contribution in [-0.4, -0.2) is 47.1 Å². The second-order valence-corrected chi connectivity index (χ2v) is 6.64. The van der Waals surface area contributed by atoms with E-state index in [1.54, 1.807) is 19.9 Å². The van der Waals surface area contributed by atoms with E-state index in [-0.39, 0.29) is 24.7 Å². The van der Waals surface area contributed by atoms with E-state index in [0.29, 0.717) is 4.38 Å². The van der Waals surface area contributed by atoms with Gasteiger partial charge in [0.1, 0.15) is 27.9 Å². The summed E-state index contributed by atoms with van der Waals surface area (Å²) in [6.07, 6.45) is 4.96. The van der Waals surface area contributed by atoms with E-state index in [1.165, 1.54) is 41.9 Å². The average Bonchev–Trinajstić information content (AvgIpc) is 3.16. The molecular formula is C17H23NO6S2. The fraction of sp³-hybridized carbons (Fsp3) is 0.471. The first kappa shape index (κ1) is 22.3. The largest absolute Gasteiger partial charge is 0.467 e. The molecule has 0 bridgehead atoms. The Kier molecular flexibility index (Phi) is 10.2. The molecule has 0 saturated heterocycles. The minimum absolute atomic E-state index is 0.0748. The molecule has 1 rings (SSSR count). The smallest absolute Gasteiger partial charge is 0.356 e. The number of rotatable bonds is 8. The maximum absolute atomic E-state index is 12.3. The van der Waals surface area contributed by atoms with E-state index in [2.05, 4.69) is 4.99 Å². The zero-order chi connectivity index (χ0) is 19.5. The number of furan rings is 1. The summed E-state index contributed by atoms with van der Waals surface area (Å²) in [6, 6.07) is 3.13. The number of hydrogen-bond acceptors (Lipinski definition) is 9. The topological polar surface area (TPSA) is 98.3 Å². The predicted octanol–water partition coefficient (Wildman–Crippen LogP) is 3.02. The quantitative estimate of drug-likeness (QED) is 0.307. The number of esters is 2. The number of nitrogens with zero attached hydrogens (tertiary/aromatic N) is 1. The van der Waals surface area contributed by atoms with E-state index in [9.17, 15) is 14.7 Å². The van der Waals surface area contributed by atoms with Gasteiger partial charge in [0.25, 0.3) is 0 Å². The van der Waals surface area contributed by atoms with Gasteiger partial charge in [-0.3, -0.25) is 4.79 Å². The van der Waals surface area contributed by atoms with E-state index in [0.717, 1.165) is 0 Å². The van der Waals surface area contributed by atoms with Crippen molar-refractivity contribution < 1.29 is 28.6 Å². The maximum atomic E-state index is 12.3. The molecule has 26 heavy (non-hydrogen) atoms. The monoisotopic (exact) mass is 401 g/mol. The number of aliphatic hydroxyl groups excluding tert-OH is 1. The Morgan fingerprint density at radius 1 is 1.27 bits per heavy atom. The number of aliphatic hydroxyl groups is 1. The van der Waals surface area contributed by atoms with Gasteiger partial charge >= 0.3 is 11.9 Å². The molecule has 1 N–H and O–H groups in total. The molecule has 144 valence electrons. The van der Waals surface area contributed by atoms with Gasteiger partial charge in [0.15, 0.2) is 0 Å². The van der Waals surface area contributed by atoms with Crippen LogP contribution in [0.2, 0.25) is 0 Å². The molecule has 0 radical (unpaired) electrons. The summed E-state index contributed by atoms with van der Waals surface area (Å²) in [4.78, 5) is 28.9. The minimum Gasteiger partial charge on any atom is -0.467 e. The number of hydrogen-bond donors (Lipinski definition) is 1. The number of ether oxygens (including phenoxy) is 2. The van der Waals surface area contributed by atoms with E-state index in [4.69, 9.17) is 13.9 Å². The first-order chi connectivity index (χ1) is 12.5. The molecule has 0 aliphatic heterocycles. The number of carbonyl (C=O) groups is 2. The molecule has 0 aromatic carbocycles. The molecule has 0 spiro atoms. The lowest BCUT2D eigenvalue weighted by atomic mass is 9.99. The van der Waals surface area contributed by atoms with Crippen molar-refractivity contribution in [1.29, 1.82) is 0 Å². The highest BCUT2D eigenvalue weighted by molar-refractivity contribution is 8.38. The van der Waals surface area contributed by atoms with Crippen molar-refractivity contribution in [3.63, 3.8) is 0 Å². The van der Waals surface area contributed by atoms with Crippen molar-refractivity contribution in [2.45, 2.75) is 20.0 Å². The van der Waals surface area contributed by atoms with Crippen molar-refractivity contribution in [1.82, 2.24) is 0 Å². The van der Waals surface area contributed by atoms with Gasteiger partial charge in [-0.1, -0.05) is 0 Å². The van der Waals surface area contributed by atoms with Gasteiger partial charge in [-0.05, 0) is 44.6 Å². The van der Waals surface area contributed by atoms with Crippen LogP contribution in [0.5, 0.6) is 0 Å². The fourth-order valence-corrected chi connectivity index (χ4v) is 3.01. The zero-order valence-electron chi connectivity index (χ0n) is 15.1. The minimum atomic E-state index is -1.32. The van der Waals surface area contributed by atoms with Gasteiger partial charge in [0.2, 0.25) is 0 Å². The molecule has 0 aliphatic carbocycles. The Hall–Kier alpha value is -1.71. The number of thioether (sulfide) groups is 2. The van der Waals surface area contributed by atoms with Crippen molar-refractivity contribution in [3.05, 3.63) is 35.9 Å². The van der Waals surface area contributed by atoms with Crippen LogP contribution in [0.1, 0.15) is 25.7 Å². The molecule has 1 heterocycles. The van der Waals surface area contributed by atoms with Crippen LogP contribution in [0.4, 0.5) is 0 Å². The van der Waals surface area contributed by atoms with Crippen LogP contribution in [-0.2, 0) is 19.1 Å². The Morgan fingerprint density at radius 2 is 1.92 bits per heavy atom. The van der Waals surface area contributed by atoms with Crippen LogP contribution in [0.25, 0.3) is 0 Å². The summed E-state index contributed by atoms with van der Waals surface area (Å²) >= 11 is 2.71. The van der Waals surface area contributed by atoms with E-state index < -0.39 is 24.0 Å². The molecule has 1 aromatic rings. The molecule has 0 amide bonds. The maximum Gasteiger partial charge on any atom is 0.356 e. The summed E-state index contributed by atoms with van der Waals surface area (Å²) in [5.74, 6) is -2.37. The Bertz CT molecular complexity index is 636. The number of aliphatic imine (C=N–C) groups is 1. The van der Waals surface area contributed by atoms with Crippen molar-refractivity contribution in [3.8, 4) is 0 Å². The molecule has 0 fully saturated rings. The molecule has 0 aliphatic rings. The van der Waals surface area contributed by atoms with Crippen LogP contribution in [0.15, 0.2) is 39.6 Å². The molecule has 9 heteroatoms. The average molecular weight is 402 g/mol. The number of carbonyl (C=O) groups excluding carboxylic acids is 2. The van der Waals surface area contributed by atoms with Gasteiger partial charge in [0.05, 0.1) is 19.5 Å². The Morgan fingerprint density at radius 3 is 2.42 bits per heavy atom. The van der Waals surface area contributed by atoms with Crippen molar-refractivity contribution >= 4 is 39.8 Å². The van der Waals surface area contributed by atoms with Gasteiger partial charge in [-0.25, -0.2) is 9.79 Å². The van der Waals surface area contributed by atoms with Gasteiger partial charge < -0.3 is 19.0 Å². The lowest BCUT2D eigenvalue weighted by Crippen LogP contribution is -2.24. The summed E-state index contributed by atoms with van der Waals surface area (Å²) in [6.45, 7) is 3.61. The van der Waals surface area contributed by atoms with Crippen LogP contribution < -0.4 is 0 Å². The third-order valence-corrected chi connectivity index (χ3v) is 5.00. The first-order valence-corrected chi connectivity index (χ1v) is 10.4. The first-order valence-electron chi connectivity index (χ1n) is 7.92. The Balaban J connectivity index is 3.34. The summed E-state index contributed by atoms with van der Waals surface area (Å²) < 4.78 is 15.8. The van der Waals surface area contributed by atoms with E-state index >= 15 is 0 Å². The second-order valence-electron chi connectivity index (χ2n) is 4.80. The normalized spacial score (nSPS) is 13.7. The van der Waals surface area contributed by atoms with Gasteiger partial charge in [-0.2, -0.15) is 0 Å². The standard InChI is InChI=1S/C17H23NO6S2/c1-5-22-15(20)11(14(19)13-8-7-9-24-13)10-12(16(21)23-6-2)18-17(25-3)26-4/h7-11,14,19H,5-6H2,1-4H3/b12-10-/t11-,14-/m1/s1. The summed E-state index contributed by atoms with van der Waals surface area (Å²) in [7, 11) is 0. The third kappa shape index (κ3) is 6.54. The lowest BCUT2D eigenvalue weighted by Gasteiger charge is -2.17. The van der Waals surface area contributed by atoms with Crippen LogP contribution in [0, 0.1) is 5.92 Å². The highest BCUT2D eigenvalue weighted by Crippen LogP contribution is 2.27. The summed E-state index contributed by atoms with van der Waals surface area (Å²) in [5, 5.41) is 10.5. The van der Waals surface area contributed by atoms with Crippen LogP contribution in [0.3, 0.4) is 0 Å². The second kappa shape index (κ2) is 11.8. The molecule has 2 atom stereocenters. The molecule has 0 unspecified atom stereocenters. The molecule has 0 saturated carbocycles. The third-order valence-electron chi connectivity index (χ3n) is 3.12. The van der Waals surface area contributed by atoms with Gasteiger partial charge in [0, 0.05) is 0 Å². The van der Waals surface area contributed by atoms with Crippen molar-refractivity contribution in [2.24, 2.45) is 10.9 Å². The zero-order valence-corrected chi connectivity index (χ0v) is 16.8.